The Bertz CT molecular complexity index is 283. The molecule has 0 unspecified atom stereocenters. The van der Waals surface area contributed by atoms with Gasteiger partial charge >= 0.3 is 11.9 Å². The number of esters is 2. The fourth-order valence-corrected chi connectivity index (χ4v) is 0.928. The topological polar surface area (TPSA) is 61.8 Å². The molecule has 0 fully saturated rings. The van der Waals surface area contributed by atoms with Crippen LogP contribution in [0.5, 0.6) is 0 Å². The molecule has 0 aliphatic heterocycles. The van der Waals surface area contributed by atoms with Gasteiger partial charge in [-0.1, -0.05) is 20.4 Å². The number of carbonyl (C=O) groups is 2. The predicted molar refractivity (Wildman–Crippen MR) is 66.8 cm³/mol. The minimum Gasteiger partial charge on any atom is -0.465 e. The Hall–Kier alpha value is -1.36. The number of hydrogen-bond acceptors (Lipinski definition) is 5. The van der Waals surface area contributed by atoms with Crippen molar-refractivity contribution in [3.8, 4) is 0 Å². The molecule has 0 N–H and O–H groups in total. The molecule has 0 saturated carbocycles. The largest absolute Gasteiger partial charge is 0.465 e. The van der Waals surface area contributed by atoms with Crippen LogP contribution in [-0.4, -0.2) is 31.9 Å². The van der Waals surface area contributed by atoms with E-state index in [1.54, 1.807) is 6.92 Å². The number of hydrogen-bond donors (Lipinski definition) is 0. The Labute approximate surface area is 108 Å². The molecule has 0 heterocycles. The smallest absolute Gasteiger partial charge is 0.335 e. The lowest BCUT2D eigenvalue weighted by Gasteiger charge is -2.07. The van der Waals surface area contributed by atoms with Gasteiger partial charge in [-0.15, -0.1) is 0 Å². The molecule has 0 aromatic carbocycles. The average Bonchev–Trinajstić information content (AvgIpc) is 2.30. The number of rotatable bonds is 9. The molecule has 18 heavy (non-hydrogen) atoms. The first-order valence-electron chi connectivity index (χ1n) is 5.99. The minimum absolute atomic E-state index is 0.118. The third-order valence-electron chi connectivity index (χ3n) is 1.87. The summed E-state index contributed by atoms with van der Waals surface area (Å²) in [4.78, 5) is 22.2. The third kappa shape index (κ3) is 9.84. The molecule has 0 aromatic heterocycles. The highest BCUT2D eigenvalue weighted by atomic mass is 16.7. The van der Waals surface area contributed by atoms with Crippen LogP contribution in [0.1, 0.15) is 33.6 Å². The van der Waals surface area contributed by atoms with Crippen LogP contribution in [0.2, 0.25) is 0 Å². The zero-order valence-corrected chi connectivity index (χ0v) is 11.4. The fraction of sp³-hybridized carbons (Fsp3) is 0.692. The molecule has 0 radical (unpaired) electrons. The lowest BCUT2D eigenvalue weighted by atomic mass is 10.2. The molecule has 0 rings (SSSR count). The molecule has 0 spiro atoms. The number of carbonyl (C=O) groups excluding carboxylic acids is 2. The van der Waals surface area contributed by atoms with E-state index < -0.39 is 5.97 Å². The summed E-state index contributed by atoms with van der Waals surface area (Å²) in [7, 11) is 0. The van der Waals surface area contributed by atoms with Crippen molar-refractivity contribution in [1.29, 1.82) is 0 Å². The van der Waals surface area contributed by atoms with Gasteiger partial charge in [0.15, 0.2) is 6.79 Å². The van der Waals surface area contributed by atoms with E-state index in [2.05, 4.69) is 6.58 Å². The summed E-state index contributed by atoms with van der Waals surface area (Å²) in [6.07, 6.45) is 0.850. The van der Waals surface area contributed by atoms with Crippen LogP contribution in [0.15, 0.2) is 12.2 Å². The van der Waals surface area contributed by atoms with Gasteiger partial charge in [0, 0.05) is 12.0 Å². The predicted octanol–water partition coefficient (Wildman–Crippen LogP) is 2.06. The Balaban J connectivity index is 3.37. The van der Waals surface area contributed by atoms with Gasteiger partial charge in [0.1, 0.15) is 0 Å². The lowest BCUT2D eigenvalue weighted by molar-refractivity contribution is -0.153. The first kappa shape index (κ1) is 16.6. The summed E-state index contributed by atoms with van der Waals surface area (Å²) in [5, 5.41) is 0. The van der Waals surface area contributed by atoms with E-state index in [0.717, 1.165) is 0 Å². The minimum atomic E-state index is -0.480. The molecule has 0 atom stereocenters. The van der Waals surface area contributed by atoms with E-state index in [1.165, 1.54) is 0 Å². The molecule has 5 heteroatoms. The van der Waals surface area contributed by atoms with Gasteiger partial charge in [-0.2, -0.15) is 0 Å². The molecule has 0 saturated heterocycles. The zero-order chi connectivity index (χ0) is 14.0. The van der Waals surface area contributed by atoms with E-state index in [9.17, 15) is 9.59 Å². The van der Waals surface area contributed by atoms with Crippen molar-refractivity contribution >= 4 is 11.9 Å². The van der Waals surface area contributed by atoms with Crippen LogP contribution in [0.25, 0.3) is 0 Å². The monoisotopic (exact) mass is 258 g/mol. The summed E-state index contributed by atoms with van der Waals surface area (Å²) < 4.78 is 14.7. The van der Waals surface area contributed by atoms with Gasteiger partial charge in [-0.05, 0) is 19.3 Å². The molecular formula is C13H22O5. The maximum Gasteiger partial charge on any atom is 0.335 e. The van der Waals surface area contributed by atoms with Crippen molar-refractivity contribution in [2.45, 2.75) is 33.6 Å². The molecule has 0 aliphatic carbocycles. The van der Waals surface area contributed by atoms with Crippen LogP contribution >= 0.6 is 0 Å². The van der Waals surface area contributed by atoms with E-state index in [1.807, 2.05) is 13.8 Å². The van der Waals surface area contributed by atoms with Gasteiger partial charge in [-0.25, -0.2) is 4.79 Å². The normalized spacial score (nSPS) is 10.2. The quantitative estimate of drug-likeness (QED) is 0.274. The Morgan fingerprint density at radius 3 is 2.44 bits per heavy atom. The van der Waals surface area contributed by atoms with Crippen LogP contribution in [-0.2, 0) is 23.8 Å². The van der Waals surface area contributed by atoms with Crippen LogP contribution in [0.4, 0.5) is 0 Å². The highest BCUT2D eigenvalue weighted by Gasteiger charge is 2.05. The Morgan fingerprint density at radius 1 is 1.22 bits per heavy atom. The first-order chi connectivity index (χ1) is 8.43. The highest BCUT2D eigenvalue weighted by Crippen LogP contribution is 1.99. The second-order valence-electron chi connectivity index (χ2n) is 4.42. The zero-order valence-electron chi connectivity index (χ0n) is 11.4. The van der Waals surface area contributed by atoms with Crippen LogP contribution in [0, 0.1) is 5.92 Å². The Kier molecular flexibility index (Phi) is 8.92. The van der Waals surface area contributed by atoms with E-state index in [-0.39, 0.29) is 12.8 Å². The maximum atomic E-state index is 11.2. The van der Waals surface area contributed by atoms with Crippen molar-refractivity contribution in [3.63, 3.8) is 0 Å². The fourth-order valence-electron chi connectivity index (χ4n) is 0.928. The van der Waals surface area contributed by atoms with Crippen molar-refractivity contribution in [3.05, 3.63) is 12.2 Å². The molecule has 0 amide bonds. The van der Waals surface area contributed by atoms with E-state index >= 15 is 0 Å². The Morgan fingerprint density at radius 2 is 1.89 bits per heavy atom. The summed E-state index contributed by atoms with van der Waals surface area (Å²) in [6, 6.07) is 0. The van der Waals surface area contributed by atoms with E-state index in [4.69, 9.17) is 14.2 Å². The van der Waals surface area contributed by atoms with Gasteiger partial charge in [-0.3, -0.25) is 4.79 Å². The SMILES string of the molecule is C=C(C)C(=O)OCOCCCC(=O)OCC(C)C. The summed E-state index contributed by atoms with van der Waals surface area (Å²) in [5.41, 5.74) is 0.330. The lowest BCUT2D eigenvalue weighted by Crippen LogP contribution is -2.12. The summed E-state index contributed by atoms with van der Waals surface area (Å²) in [5.74, 6) is -0.371. The summed E-state index contributed by atoms with van der Waals surface area (Å²) in [6.45, 7) is 9.63. The second-order valence-corrected chi connectivity index (χ2v) is 4.42. The van der Waals surface area contributed by atoms with Crippen LogP contribution in [0.3, 0.4) is 0 Å². The van der Waals surface area contributed by atoms with Gasteiger partial charge in [0.25, 0.3) is 0 Å². The summed E-state index contributed by atoms with van der Waals surface area (Å²) >= 11 is 0. The molecule has 0 aromatic rings. The number of ether oxygens (including phenoxy) is 3. The average molecular weight is 258 g/mol. The van der Waals surface area contributed by atoms with Crippen molar-refractivity contribution in [2.24, 2.45) is 5.92 Å². The van der Waals surface area contributed by atoms with Crippen molar-refractivity contribution in [1.82, 2.24) is 0 Å². The van der Waals surface area contributed by atoms with Gasteiger partial charge < -0.3 is 14.2 Å². The van der Waals surface area contributed by atoms with E-state index in [0.29, 0.717) is 37.5 Å². The molecule has 0 aliphatic rings. The van der Waals surface area contributed by atoms with Gasteiger partial charge in [0.2, 0.25) is 0 Å². The van der Waals surface area contributed by atoms with Crippen molar-refractivity contribution in [2.75, 3.05) is 20.0 Å². The second kappa shape index (κ2) is 9.65. The van der Waals surface area contributed by atoms with Gasteiger partial charge in [0.05, 0.1) is 13.2 Å². The molecule has 0 bridgehead atoms. The highest BCUT2D eigenvalue weighted by molar-refractivity contribution is 5.86. The third-order valence-corrected chi connectivity index (χ3v) is 1.87. The maximum absolute atomic E-state index is 11.2. The molecule has 104 valence electrons. The molecular weight excluding hydrogens is 236 g/mol. The van der Waals surface area contributed by atoms with Crippen LogP contribution < -0.4 is 0 Å². The van der Waals surface area contributed by atoms with Crippen molar-refractivity contribution < 1.29 is 23.8 Å². The molecule has 5 nitrogen and oxygen atoms in total. The standard InChI is InChI=1S/C13H22O5/c1-10(2)8-17-12(14)6-5-7-16-9-18-13(15)11(3)4/h10H,3,5-9H2,1-2,4H3. The first-order valence-corrected chi connectivity index (χ1v) is 5.99.